The molecule has 0 heterocycles. The van der Waals surface area contributed by atoms with Crippen LogP contribution >= 0.6 is 0 Å². The molecule has 0 unspecified atom stereocenters. The highest BCUT2D eigenvalue weighted by atomic mass is 19.4. The zero-order valence-electron chi connectivity index (χ0n) is 17.8. The standard InChI is InChI=1S/C14H22F6O2/c1-10(8-6-4-5-7-9-11(2,3)21)12(22,13(15,16)17)14(18,19)20/h8,21-22H,4-7,9H2,1-3H3/i2D3,3D3. The van der Waals surface area contributed by atoms with Gasteiger partial charge in [-0.25, -0.2) is 0 Å². The number of halogens is 6. The number of aliphatic hydroxyl groups is 2. The molecule has 2 nitrogen and oxygen atoms in total. The minimum Gasteiger partial charge on any atom is -0.390 e. The van der Waals surface area contributed by atoms with Crippen molar-refractivity contribution in [2.24, 2.45) is 0 Å². The molecule has 0 atom stereocenters. The first-order valence-electron chi connectivity index (χ1n) is 9.38. The fraction of sp³-hybridized carbons (Fsp3) is 0.857. The monoisotopic (exact) mass is 342 g/mol. The number of rotatable bonds is 7. The molecule has 132 valence electrons. The van der Waals surface area contributed by atoms with Crippen molar-refractivity contribution >= 4 is 0 Å². The number of hydrogen-bond donors (Lipinski definition) is 2. The largest absolute Gasteiger partial charge is 0.430 e. The Hall–Kier alpha value is -0.760. The molecule has 0 aromatic heterocycles. The fourth-order valence-electron chi connectivity index (χ4n) is 1.78. The van der Waals surface area contributed by atoms with Gasteiger partial charge in [0, 0.05) is 8.22 Å². The van der Waals surface area contributed by atoms with Crippen LogP contribution in [0.2, 0.25) is 0 Å². The summed E-state index contributed by atoms with van der Waals surface area (Å²) in [6, 6.07) is 0. The minimum atomic E-state index is -5.97. The molecule has 0 aromatic carbocycles. The van der Waals surface area contributed by atoms with Gasteiger partial charge in [0.05, 0.1) is 5.60 Å². The van der Waals surface area contributed by atoms with E-state index in [1.165, 1.54) is 0 Å². The highest BCUT2D eigenvalue weighted by molar-refractivity contribution is 5.21. The predicted octanol–water partition coefficient (Wildman–Crippen LogP) is 4.51. The van der Waals surface area contributed by atoms with Crippen molar-refractivity contribution < 1.29 is 44.8 Å². The molecule has 22 heavy (non-hydrogen) atoms. The Kier molecular flexibility index (Phi) is 4.14. The van der Waals surface area contributed by atoms with E-state index in [-0.39, 0.29) is 25.7 Å². The molecule has 0 bridgehead atoms. The van der Waals surface area contributed by atoms with E-state index in [4.69, 9.17) is 13.3 Å². The molecule has 2 N–H and O–H groups in total. The summed E-state index contributed by atoms with van der Waals surface area (Å²) in [5, 5.41) is 19.2. The van der Waals surface area contributed by atoms with Crippen LogP contribution in [0, 0.1) is 0 Å². The molecule has 0 aliphatic carbocycles. The summed E-state index contributed by atoms with van der Waals surface area (Å²) in [6.45, 7) is -5.92. The van der Waals surface area contributed by atoms with Gasteiger partial charge in [-0.2, -0.15) is 26.3 Å². The molecule has 0 radical (unpaired) electrons. The van der Waals surface area contributed by atoms with Crippen molar-refractivity contribution in [2.75, 3.05) is 0 Å². The molecule has 0 aromatic rings. The normalized spacial score (nSPS) is 20.5. The third kappa shape index (κ3) is 5.79. The lowest BCUT2D eigenvalue weighted by molar-refractivity contribution is -0.352. The van der Waals surface area contributed by atoms with Gasteiger partial charge in [0.15, 0.2) is 0 Å². The summed E-state index contributed by atoms with van der Waals surface area (Å²) in [6.07, 6.45) is -12.4. The van der Waals surface area contributed by atoms with E-state index in [0.29, 0.717) is 13.0 Å². The average molecular weight is 342 g/mol. The molecular weight excluding hydrogens is 314 g/mol. The Balaban J connectivity index is 4.96. The fourth-order valence-corrected chi connectivity index (χ4v) is 1.78. The van der Waals surface area contributed by atoms with E-state index in [1.54, 1.807) is 0 Å². The van der Waals surface area contributed by atoms with Gasteiger partial charge in [-0.3, -0.25) is 0 Å². The molecule has 0 amide bonds. The van der Waals surface area contributed by atoms with E-state index >= 15 is 0 Å². The molecular formula is C14H22F6O2. The second-order valence-electron chi connectivity index (χ2n) is 5.05. The zero-order chi connectivity index (χ0) is 22.8. The number of unbranched alkanes of at least 4 members (excludes halogenated alkanes) is 3. The first kappa shape index (κ1) is 12.6. The minimum absolute atomic E-state index is 0.0127. The van der Waals surface area contributed by atoms with Gasteiger partial charge in [-0.1, -0.05) is 18.9 Å². The summed E-state index contributed by atoms with van der Waals surface area (Å²) >= 11 is 0. The lowest BCUT2D eigenvalue weighted by Gasteiger charge is -2.33. The van der Waals surface area contributed by atoms with Crippen molar-refractivity contribution in [3.8, 4) is 0 Å². The summed E-state index contributed by atoms with van der Waals surface area (Å²) in [4.78, 5) is 0. The summed E-state index contributed by atoms with van der Waals surface area (Å²) in [5.41, 5.74) is -9.31. The third-order valence-electron chi connectivity index (χ3n) is 3.08. The van der Waals surface area contributed by atoms with Crippen LogP contribution in [0.3, 0.4) is 0 Å². The SMILES string of the molecule is [2H]C([2H])([2H])C(O)(CCCCCC=C(C)C(O)(C(F)(F)F)C(F)(F)F)C([2H])([2H])[2H]. The highest BCUT2D eigenvalue weighted by Gasteiger charge is 2.71. The van der Waals surface area contributed by atoms with Gasteiger partial charge < -0.3 is 10.2 Å². The Morgan fingerprint density at radius 2 is 1.45 bits per heavy atom. The number of hydrogen-bond acceptors (Lipinski definition) is 2. The summed E-state index contributed by atoms with van der Waals surface area (Å²) in [7, 11) is 0. The maximum Gasteiger partial charge on any atom is 0.430 e. The Labute approximate surface area is 134 Å². The maximum atomic E-state index is 12.7. The lowest BCUT2D eigenvalue weighted by Crippen LogP contribution is -2.57. The summed E-state index contributed by atoms with van der Waals surface area (Å²) < 4.78 is 119. The Bertz CT molecular complexity index is 522. The van der Waals surface area contributed by atoms with Gasteiger partial charge in [0.25, 0.3) is 5.60 Å². The van der Waals surface area contributed by atoms with Gasteiger partial charge in [-0.15, -0.1) is 0 Å². The van der Waals surface area contributed by atoms with Gasteiger partial charge in [0.2, 0.25) is 0 Å². The average Bonchev–Trinajstić information content (AvgIpc) is 2.44. The van der Waals surface area contributed by atoms with Gasteiger partial charge in [0.1, 0.15) is 0 Å². The van der Waals surface area contributed by atoms with E-state index in [2.05, 4.69) is 0 Å². The first-order chi connectivity index (χ1) is 12.1. The van der Waals surface area contributed by atoms with E-state index in [0.717, 1.165) is 0 Å². The van der Waals surface area contributed by atoms with Crippen molar-refractivity contribution in [1.82, 2.24) is 0 Å². The van der Waals surface area contributed by atoms with Crippen LogP contribution in [0.25, 0.3) is 0 Å². The molecule has 0 fully saturated rings. The topological polar surface area (TPSA) is 40.5 Å². The van der Waals surface area contributed by atoms with Crippen molar-refractivity contribution in [2.45, 2.75) is 76.3 Å². The van der Waals surface area contributed by atoms with Crippen LogP contribution in [0.15, 0.2) is 11.6 Å². The third-order valence-corrected chi connectivity index (χ3v) is 3.08. The second-order valence-corrected chi connectivity index (χ2v) is 5.05. The lowest BCUT2D eigenvalue weighted by atomic mass is 9.91. The molecule has 0 saturated carbocycles. The number of allylic oxidation sites excluding steroid dienone is 1. The van der Waals surface area contributed by atoms with Gasteiger partial charge >= 0.3 is 12.4 Å². The van der Waals surface area contributed by atoms with E-state index in [1.807, 2.05) is 0 Å². The Morgan fingerprint density at radius 3 is 1.86 bits per heavy atom. The van der Waals surface area contributed by atoms with Crippen LogP contribution in [-0.4, -0.2) is 33.8 Å². The second kappa shape index (κ2) is 7.21. The molecule has 0 aliphatic rings. The van der Waals surface area contributed by atoms with Gasteiger partial charge in [-0.05, 0) is 45.5 Å². The molecule has 0 aliphatic heterocycles. The van der Waals surface area contributed by atoms with Crippen molar-refractivity contribution in [3.05, 3.63) is 11.6 Å². The quantitative estimate of drug-likeness (QED) is 0.406. The van der Waals surface area contributed by atoms with Crippen LogP contribution in [0.5, 0.6) is 0 Å². The van der Waals surface area contributed by atoms with Crippen molar-refractivity contribution in [3.63, 3.8) is 0 Å². The van der Waals surface area contributed by atoms with Crippen LogP contribution < -0.4 is 0 Å². The molecule has 0 saturated heterocycles. The Morgan fingerprint density at radius 1 is 0.955 bits per heavy atom. The van der Waals surface area contributed by atoms with Crippen LogP contribution in [-0.2, 0) is 0 Å². The molecule has 8 heteroatoms. The summed E-state index contributed by atoms with van der Waals surface area (Å²) in [5.74, 6) is 0. The van der Waals surface area contributed by atoms with E-state index in [9.17, 15) is 31.4 Å². The zero-order valence-corrected chi connectivity index (χ0v) is 11.8. The predicted molar refractivity (Wildman–Crippen MR) is 70.2 cm³/mol. The smallest absolute Gasteiger partial charge is 0.390 e. The van der Waals surface area contributed by atoms with Crippen LogP contribution in [0.1, 0.15) is 61.0 Å². The van der Waals surface area contributed by atoms with Crippen molar-refractivity contribution in [1.29, 1.82) is 0 Å². The first-order valence-corrected chi connectivity index (χ1v) is 6.38. The molecule has 0 spiro atoms. The maximum absolute atomic E-state index is 12.7. The molecule has 0 rings (SSSR count). The highest BCUT2D eigenvalue weighted by Crippen LogP contribution is 2.47. The van der Waals surface area contributed by atoms with Crippen LogP contribution in [0.4, 0.5) is 26.3 Å². The van der Waals surface area contributed by atoms with E-state index < -0.39 is 49.3 Å². The number of alkyl halides is 6.